The van der Waals surface area contributed by atoms with E-state index in [-0.39, 0.29) is 0 Å². The highest BCUT2D eigenvalue weighted by molar-refractivity contribution is 14.2. The van der Waals surface area contributed by atoms with E-state index >= 15 is 0 Å². The van der Waals surface area contributed by atoms with Gasteiger partial charge in [0.05, 0.1) is 0 Å². The molecule has 36 valence electrons. The molecule has 1 fully saturated rings. The van der Waals surface area contributed by atoms with Gasteiger partial charge in [0.25, 0.3) is 0 Å². The van der Waals surface area contributed by atoms with E-state index in [2.05, 4.69) is 11.4 Å². The van der Waals surface area contributed by atoms with E-state index in [1.807, 2.05) is 0 Å². The Kier molecular flexibility index (Phi) is 1.02. The molecule has 1 saturated carbocycles. The lowest BCUT2D eigenvalue weighted by atomic mass is 10.5. The highest BCUT2D eigenvalue weighted by atomic mass is 127. The Morgan fingerprint density at radius 2 is 2.17 bits per heavy atom. The number of hydrogen-bond acceptors (Lipinski definition) is 0. The fourth-order valence-electron chi connectivity index (χ4n) is 0.306. The molecule has 0 heterocycles. The van der Waals surface area contributed by atoms with Crippen LogP contribution in [0.3, 0.4) is 0 Å². The highest BCUT2D eigenvalue weighted by Gasteiger charge is 2.34. The van der Waals surface area contributed by atoms with Crippen molar-refractivity contribution < 1.29 is 0 Å². The van der Waals surface area contributed by atoms with Crippen LogP contribution in [-0.2, 0) is 0 Å². The second-order valence-corrected chi connectivity index (χ2v) is 5.41. The molecule has 0 unspecified atom stereocenters. The van der Waals surface area contributed by atoms with Gasteiger partial charge < -0.3 is 0 Å². The molecule has 0 N–H and O–H groups in total. The fraction of sp³-hybridized carbons (Fsp3) is 0.800. The van der Waals surface area contributed by atoms with Crippen LogP contribution in [0.4, 0.5) is 0 Å². The van der Waals surface area contributed by atoms with Gasteiger partial charge >= 0.3 is 0 Å². The Labute approximate surface area is 48.7 Å². The molecule has 0 amide bonds. The van der Waals surface area contributed by atoms with Gasteiger partial charge in [0.15, 0.2) is 0 Å². The first-order valence-corrected chi connectivity index (χ1v) is 4.77. The van der Waals surface area contributed by atoms with Crippen LogP contribution in [0.1, 0.15) is 19.8 Å². The summed E-state index contributed by atoms with van der Waals surface area (Å²) in [5.74, 6) is 0. The zero-order chi connectivity index (χ0) is 4.62. The van der Waals surface area contributed by atoms with Crippen LogP contribution in [0.5, 0.6) is 0 Å². The van der Waals surface area contributed by atoms with Crippen molar-refractivity contribution in [2.24, 2.45) is 0 Å². The quantitative estimate of drug-likeness (QED) is 0.444. The van der Waals surface area contributed by atoms with Gasteiger partial charge in [-0.3, -0.25) is 0 Å². The average Bonchev–Trinajstić information content (AvgIpc) is 2.22. The average molecular weight is 196 g/mol. The van der Waals surface area contributed by atoms with E-state index in [1.54, 1.807) is 0 Å². The molecular formula is C5H9I. The van der Waals surface area contributed by atoms with Gasteiger partial charge in [-0.1, -0.05) is 11.4 Å². The third-order valence-corrected chi connectivity index (χ3v) is 4.18. The van der Waals surface area contributed by atoms with Crippen LogP contribution in [0, 0.1) is 0 Å². The topological polar surface area (TPSA) is 0 Å². The number of halogens is 1. The second kappa shape index (κ2) is 1.29. The summed E-state index contributed by atoms with van der Waals surface area (Å²) < 4.78 is 4.72. The molecule has 0 spiro atoms. The standard InChI is InChI=1S/C5H9I/c1-5(6-2)3-4-5/h2-4H2,1H3. The first kappa shape index (κ1) is 4.75. The van der Waals surface area contributed by atoms with E-state index in [1.165, 1.54) is 12.8 Å². The molecule has 0 aliphatic heterocycles. The van der Waals surface area contributed by atoms with Crippen molar-refractivity contribution in [3.8, 4) is 0 Å². The summed E-state index contributed by atoms with van der Waals surface area (Å²) in [6.07, 6.45) is 2.92. The van der Waals surface area contributed by atoms with Crippen molar-refractivity contribution >= 4 is 25.2 Å². The molecule has 1 heteroatoms. The molecule has 1 aliphatic carbocycles. The molecule has 0 aromatic heterocycles. The third kappa shape index (κ3) is 0.806. The zero-order valence-electron chi connectivity index (χ0n) is 4.00. The predicted octanol–water partition coefficient (Wildman–Crippen LogP) is 1.94. The Bertz CT molecular complexity index is 72.0. The van der Waals surface area contributed by atoms with Crippen molar-refractivity contribution in [1.82, 2.24) is 0 Å². The van der Waals surface area contributed by atoms with E-state index in [0.717, 1.165) is 3.42 Å². The van der Waals surface area contributed by atoms with Crippen molar-refractivity contribution in [2.75, 3.05) is 0 Å². The van der Waals surface area contributed by atoms with Crippen LogP contribution in [0.25, 0.3) is 0 Å². The van der Waals surface area contributed by atoms with E-state index in [9.17, 15) is 0 Å². The van der Waals surface area contributed by atoms with Gasteiger partial charge in [-0.05, 0) is 12.8 Å². The first-order chi connectivity index (χ1) is 2.77. The maximum absolute atomic E-state index is 3.93. The van der Waals surface area contributed by atoms with Crippen molar-refractivity contribution in [3.63, 3.8) is 0 Å². The van der Waals surface area contributed by atoms with E-state index < -0.39 is 0 Å². The molecule has 0 bridgehead atoms. The van der Waals surface area contributed by atoms with Crippen LogP contribution < -0.4 is 0 Å². The summed E-state index contributed by atoms with van der Waals surface area (Å²) in [6.45, 7) is 2.34. The molecule has 1 aliphatic rings. The summed E-state index contributed by atoms with van der Waals surface area (Å²) in [5, 5.41) is 0. The molecule has 6 heavy (non-hydrogen) atoms. The van der Waals surface area contributed by atoms with Gasteiger partial charge in [-0.25, -0.2) is 0 Å². The van der Waals surface area contributed by atoms with E-state index in [4.69, 9.17) is 0 Å². The molecule has 0 aromatic carbocycles. The summed E-state index contributed by atoms with van der Waals surface area (Å²) >= 11 is 0.325. The minimum absolute atomic E-state index is 0.325. The van der Waals surface area contributed by atoms with Gasteiger partial charge in [-0.15, -0.1) is 20.7 Å². The lowest BCUT2D eigenvalue weighted by Gasteiger charge is -1.89. The van der Waals surface area contributed by atoms with Crippen LogP contribution in [0.2, 0.25) is 0 Å². The van der Waals surface area contributed by atoms with Crippen LogP contribution >= 0.6 is 20.7 Å². The molecule has 0 radical (unpaired) electrons. The van der Waals surface area contributed by atoms with Gasteiger partial charge in [0, 0.05) is 3.42 Å². The van der Waals surface area contributed by atoms with Crippen molar-refractivity contribution in [2.45, 2.75) is 23.2 Å². The Morgan fingerprint density at radius 3 is 2.17 bits per heavy atom. The molecule has 0 aromatic rings. The minimum Gasteiger partial charge on any atom is -0.124 e. The largest absolute Gasteiger partial charge is 0.124 e. The SMILES string of the molecule is C=IC1(C)CC1. The third-order valence-electron chi connectivity index (χ3n) is 1.26. The second-order valence-electron chi connectivity index (χ2n) is 2.05. The van der Waals surface area contributed by atoms with Crippen molar-refractivity contribution in [1.29, 1.82) is 0 Å². The van der Waals surface area contributed by atoms with E-state index in [0.29, 0.717) is 20.7 Å². The summed E-state index contributed by atoms with van der Waals surface area (Å²) in [4.78, 5) is 0. The van der Waals surface area contributed by atoms with Gasteiger partial charge in [0.1, 0.15) is 0 Å². The predicted molar refractivity (Wildman–Crippen MR) is 38.8 cm³/mol. The molecule has 0 saturated heterocycles. The van der Waals surface area contributed by atoms with Crippen LogP contribution in [-0.4, -0.2) is 7.94 Å². The number of alkyl halides is 1. The zero-order valence-corrected chi connectivity index (χ0v) is 6.16. The lowest BCUT2D eigenvalue weighted by molar-refractivity contribution is 1.10. The monoisotopic (exact) mass is 196 g/mol. The number of rotatable bonds is 1. The molecule has 1 rings (SSSR count). The highest BCUT2D eigenvalue weighted by Crippen LogP contribution is 2.46. The van der Waals surface area contributed by atoms with Crippen molar-refractivity contribution in [3.05, 3.63) is 0 Å². The Morgan fingerprint density at radius 1 is 1.67 bits per heavy atom. The first-order valence-electron chi connectivity index (χ1n) is 2.16. The Hall–Kier alpha value is 0.600. The number of hydrogen-bond donors (Lipinski definition) is 0. The van der Waals surface area contributed by atoms with Crippen LogP contribution in [0.15, 0.2) is 0 Å². The maximum atomic E-state index is 3.93. The summed E-state index contributed by atoms with van der Waals surface area (Å²) in [7, 11) is 0. The molecular weight excluding hydrogens is 187 g/mol. The maximum Gasteiger partial charge on any atom is 0.0142 e. The van der Waals surface area contributed by atoms with Gasteiger partial charge in [-0.2, -0.15) is 0 Å². The minimum atomic E-state index is 0.325. The molecule has 0 atom stereocenters. The summed E-state index contributed by atoms with van der Waals surface area (Å²) in [6, 6.07) is 0. The Balaban J connectivity index is 2.47. The van der Waals surface area contributed by atoms with Gasteiger partial charge in [0.2, 0.25) is 0 Å². The smallest absolute Gasteiger partial charge is 0.0142 e. The molecule has 0 nitrogen and oxygen atoms in total. The lowest BCUT2D eigenvalue weighted by Crippen LogP contribution is -1.81. The summed E-state index contributed by atoms with van der Waals surface area (Å²) in [5.41, 5.74) is 0. The normalized spacial score (nSPS) is 26.8. The fourth-order valence-corrected chi connectivity index (χ4v) is 1.34.